The minimum absolute atomic E-state index is 0.230. The number of hydrogen-bond donors (Lipinski definition) is 2. The summed E-state index contributed by atoms with van der Waals surface area (Å²) in [5.41, 5.74) is 8.41. The molecule has 1 heterocycles. The molecular weight excluding hydrogens is 410 g/mol. The number of hydrogen-bond acceptors (Lipinski definition) is 3. The maximum absolute atomic E-state index is 12.8. The number of rotatable bonds is 4. The van der Waals surface area contributed by atoms with Crippen LogP contribution < -0.4 is 5.43 Å². The van der Waals surface area contributed by atoms with Crippen molar-refractivity contribution in [3.05, 3.63) is 82.2 Å². The largest absolute Gasteiger partial charge is 0.507 e. The van der Waals surface area contributed by atoms with Crippen LogP contribution in [0.15, 0.2) is 53.6 Å². The van der Waals surface area contributed by atoms with Crippen LogP contribution in [0.1, 0.15) is 80.0 Å². The Hall–Kier alpha value is -3.34. The highest BCUT2D eigenvalue weighted by atomic mass is 16.3. The second kappa shape index (κ2) is 8.89. The molecule has 0 saturated heterocycles. The van der Waals surface area contributed by atoms with Crippen LogP contribution in [0.3, 0.4) is 0 Å². The smallest absolute Gasteiger partial charge is 0.271 e. The third-order valence-electron chi connectivity index (χ3n) is 5.77. The summed E-state index contributed by atoms with van der Waals surface area (Å²) in [5, 5.41) is 15.1. The lowest BCUT2D eigenvalue weighted by Crippen LogP contribution is -2.19. The summed E-state index contributed by atoms with van der Waals surface area (Å²) >= 11 is 0. The van der Waals surface area contributed by atoms with Crippen LogP contribution in [-0.4, -0.2) is 21.8 Å². The van der Waals surface area contributed by atoms with E-state index in [2.05, 4.69) is 68.8 Å². The summed E-state index contributed by atoms with van der Waals surface area (Å²) in [4.78, 5) is 12.8. The maximum atomic E-state index is 12.8. The minimum Gasteiger partial charge on any atom is -0.507 e. The summed E-state index contributed by atoms with van der Waals surface area (Å²) in [5.74, 6) is 0.0463. The number of carbonyl (C=O) groups is 1. The van der Waals surface area contributed by atoms with Gasteiger partial charge in [-0.25, -0.2) is 5.43 Å². The van der Waals surface area contributed by atoms with Crippen molar-refractivity contribution >= 4 is 12.1 Å². The summed E-state index contributed by atoms with van der Waals surface area (Å²) in [7, 11) is 0. The number of aromatic hydroxyl groups is 1. The first kappa shape index (κ1) is 24.3. The highest BCUT2D eigenvalue weighted by Gasteiger charge is 2.26. The Morgan fingerprint density at radius 2 is 1.45 bits per heavy atom. The first-order chi connectivity index (χ1) is 15.3. The molecule has 0 unspecified atom stereocenters. The van der Waals surface area contributed by atoms with Gasteiger partial charge in [0.25, 0.3) is 5.91 Å². The number of nitrogens with one attached hydrogen (secondary N) is 1. The van der Waals surface area contributed by atoms with Gasteiger partial charge in [0.2, 0.25) is 0 Å². The molecule has 5 nitrogen and oxygen atoms in total. The van der Waals surface area contributed by atoms with Crippen molar-refractivity contribution in [1.82, 2.24) is 9.99 Å². The molecule has 1 amide bonds. The highest BCUT2D eigenvalue weighted by Crippen LogP contribution is 2.39. The number of amides is 1. The Balaban J connectivity index is 1.86. The lowest BCUT2D eigenvalue weighted by molar-refractivity contribution is 0.0955. The quantitative estimate of drug-likeness (QED) is 0.373. The fraction of sp³-hybridized carbons (Fsp3) is 0.357. The zero-order valence-corrected chi connectivity index (χ0v) is 20.9. The SMILES string of the molecule is Cc1ccc(C)n1-c1cccc(C(=O)N/N=C\c2cc(C(C)(C)C)c(O)c(C(C)(C)C)c2)c1. The van der Waals surface area contributed by atoms with Crippen LogP contribution >= 0.6 is 0 Å². The average molecular weight is 446 g/mol. The fourth-order valence-corrected chi connectivity index (χ4v) is 3.97. The molecule has 5 heteroatoms. The molecule has 0 radical (unpaired) electrons. The van der Waals surface area contributed by atoms with Crippen molar-refractivity contribution in [3.63, 3.8) is 0 Å². The van der Waals surface area contributed by atoms with E-state index in [0.29, 0.717) is 11.3 Å². The Labute approximate surface area is 197 Å². The summed E-state index contributed by atoms with van der Waals surface area (Å²) < 4.78 is 2.11. The van der Waals surface area contributed by atoms with Crippen LogP contribution in [-0.2, 0) is 10.8 Å². The Morgan fingerprint density at radius 1 is 0.909 bits per heavy atom. The predicted molar refractivity (Wildman–Crippen MR) is 136 cm³/mol. The third kappa shape index (κ3) is 5.36. The number of benzene rings is 2. The Morgan fingerprint density at radius 3 is 1.97 bits per heavy atom. The molecule has 3 aromatic rings. The van der Waals surface area contributed by atoms with Gasteiger partial charge in [-0.3, -0.25) is 4.79 Å². The van der Waals surface area contributed by atoms with E-state index < -0.39 is 0 Å². The first-order valence-electron chi connectivity index (χ1n) is 11.3. The van der Waals surface area contributed by atoms with E-state index in [1.54, 1.807) is 12.3 Å². The van der Waals surface area contributed by atoms with Gasteiger partial charge >= 0.3 is 0 Å². The lowest BCUT2D eigenvalue weighted by atomic mass is 9.78. The fourth-order valence-electron chi connectivity index (χ4n) is 3.97. The van der Waals surface area contributed by atoms with Gasteiger partial charge in [0.1, 0.15) is 5.75 Å². The van der Waals surface area contributed by atoms with Gasteiger partial charge in [-0.05, 0) is 72.7 Å². The number of phenols is 1. The van der Waals surface area contributed by atoms with Crippen LogP contribution in [0.25, 0.3) is 5.69 Å². The molecule has 174 valence electrons. The van der Waals surface area contributed by atoms with Crippen molar-refractivity contribution in [1.29, 1.82) is 0 Å². The third-order valence-corrected chi connectivity index (χ3v) is 5.77. The molecule has 2 aromatic carbocycles. The van der Waals surface area contributed by atoms with Gasteiger partial charge in [-0.15, -0.1) is 0 Å². The monoisotopic (exact) mass is 445 g/mol. The Bertz CT molecular complexity index is 1150. The number of carbonyl (C=O) groups excluding carboxylic acids is 1. The minimum atomic E-state index is -0.276. The number of aryl methyl sites for hydroxylation is 2. The van der Waals surface area contributed by atoms with Crippen LogP contribution in [0.2, 0.25) is 0 Å². The predicted octanol–water partition coefficient (Wildman–Crippen LogP) is 6.16. The van der Waals surface area contributed by atoms with E-state index in [1.165, 1.54) is 0 Å². The zero-order valence-electron chi connectivity index (χ0n) is 20.9. The van der Waals surface area contributed by atoms with Gasteiger partial charge in [-0.2, -0.15) is 5.10 Å². The zero-order chi connectivity index (χ0) is 24.6. The lowest BCUT2D eigenvalue weighted by Gasteiger charge is -2.27. The Kier molecular flexibility index (Phi) is 6.55. The molecule has 33 heavy (non-hydrogen) atoms. The number of nitrogens with zero attached hydrogens (tertiary/aromatic N) is 2. The molecule has 0 atom stereocenters. The second-order valence-corrected chi connectivity index (χ2v) is 10.7. The van der Waals surface area contributed by atoms with E-state index >= 15 is 0 Å². The summed E-state index contributed by atoms with van der Waals surface area (Å²) in [6.45, 7) is 16.5. The maximum Gasteiger partial charge on any atom is 0.271 e. The molecule has 0 bridgehead atoms. The molecule has 0 saturated carbocycles. The number of phenolic OH excluding ortho intramolecular Hbond substituents is 1. The van der Waals surface area contributed by atoms with E-state index in [9.17, 15) is 9.90 Å². The molecule has 0 aliphatic carbocycles. The standard InChI is InChI=1S/C28H35N3O2/c1-18-12-13-19(2)31(18)22-11-9-10-21(16-22)26(33)30-29-17-20-14-23(27(3,4)5)25(32)24(15-20)28(6,7)8/h9-17,32H,1-8H3,(H,30,33)/b29-17-. The van der Waals surface area contributed by atoms with Gasteiger partial charge in [-0.1, -0.05) is 47.6 Å². The van der Waals surface area contributed by atoms with Gasteiger partial charge in [0, 0.05) is 33.8 Å². The molecule has 2 N–H and O–H groups in total. The number of hydrazone groups is 1. The van der Waals surface area contributed by atoms with Gasteiger partial charge < -0.3 is 9.67 Å². The van der Waals surface area contributed by atoms with E-state index in [-0.39, 0.29) is 16.7 Å². The topological polar surface area (TPSA) is 66.6 Å². The first-order valence-corrected chi connectivity index (χ1v) is 11.3. The highest BCUT2D eigenvalue weighted by molar-refractivity contribution is 5.95. The van der Waals surface area contributed by atoms with Crippen molar-refractivity contribution in [2.45, 2.75) is 66.2 Å². The molecule has 0 aliphatic heterocycles. The van der Waals surface area contributed by atoms with Crippen molar-refractivity contribution < 1.29 is 9.90 Å². The molecule has 1 aromatic heterocycles. The van der Waals surface area contributed by atoms with Crippen LogP contribution in [0.4, 0.5) is 0 Å². The molecule has 0 fully saturated rings. The van der Waals surface area contributed by atoms with E-state index in [0.717, 1.165) is 33.8 Å². The molecule has 0 aliphatic rings. The van der Waals surface area contributed by atoms with Crippen molar-refractivity contribution in [2.75, 3.05) is 0 Å². The molecule has 0 spiro atoms. The summed E-state index contributed by atoms with van der Waals surface area (Å²) in [6.07, 6.45) is 1.63. The molecular formula is C28H35N3O2. The van der Waals surface area contributed by atoms with Crippen molar-refractivity contribution in [2.24, 2.45) is 5.10 Å². The second-order valence-electron chi connectivity index (χ2n) is 10.7. The normalized spacial score (nSPS) is 12.4. The van der Waals surface area contributed by atoms with Gasteiger partial charge in [0.15, 0.2) is 0 Å². The summed E-state index contributed by atoms with van der Waals surface area (Å²) in [6, 6.07) is 15.5. The van der Waals surface area contributed by atoms with E-state index in [4.69, 9.17) is 0 Å². The van der Waals surface area contributed by atoms with Crippen LogP contribution in [0, 0.1) is 13.8 Å². The number of aromatic nitrogens is 1. The molecule has 3 rings (SSSR count). The van der Waals surface area contributed by atoms with Gasteiger partial charge in [0.05, 0.1) is 6.21 Å². The van der Waals surface area contributed by atoms with Crippen molar-refractivity contribution in [3.8, 4) is 11.4 Å². The van der Waals surface area contributed by atoms with Crippen LogP contribution in [0.5, 0.6) is 5.75 Å². The average Bonchev–Trinajstić information content (AvgIpc) is 3.05. The van der Waals surface area contributed by atoms with E-state index in [1.807, 2.05) is 44.2 Å².